The predicted octanol–water partition coefficient (Wildman–Crippen LogP) is 1.47. The van der Waals surface area contributed by atoms with E-state index in [1.807, 2.05) is 0 Å². The Balaban J connectivity index is 1.84. The maximum absolute atomic E-state index is 11.2. The molecule has 17 heavy (non-hydrogen) atoms. The zero-order chi connectivity index (χ0) is 12.3. The molecular weight excluding hydrogens is 238 g/mol. The highest BCUT2D eigenvalue weighted by Crippen LogP contribution is 2.37. The maximum atomic E-state index is 11.2. The summed E-state index contributed by atoms with van der Waals surface area (Å²) in [6.07, 6.45) is 6.75. The molecule has 4 N–H and O–H groups in total. The Morgan fingerprint density at radius 1 is 1.76 bits per heavy atom. The standard InChI is InChI=1S/C11H17N3O2S/c12-11(9(15)16)4-1-2-8(11)3-7-17-10-13-5-6-14-10/h5-6,8H,1-4,7,12H2,(H,13,14)(H,15,16). The van der Waals surface area contributed by atoms with Gasteiger partial charge in [0.15, 0.2) is 5.16 Å². The van der Waals surface area contributed by atoms with Gasteiger partial charge in [0, 0.05) is 18.1 Å². The molecule has 0 aliphatic heterocycles. The fourth-order valence-corrected chi connectivity index (χ4v) is 3.30. The summed E-state index contributed by atoms with van der Waals surface area (Å²) >= 11 is 1.61. The van der Waals surface area contributed by atoms with Crippen LogP contribution in [0, 0.1) is 5.92 Å². The number of aliphatic carboxylic acids is 1. The van der Waals surface area contributed by atoms with Gasteiger partial charge in [-0.15, -0.1) is 0 Å². The number of aromatic amines is 1. The van der Waals surface area contributed by atoms with E-state index in [9.17, 15) is 9.90 Å². The Hall–Kier alpha value is -1.01. The van der Waals surface area contributed by atoms with Crippen LogP contribution < -0.4 is 5.73 Å². The van der Waals surface area contributed by atoms with E-state index >= 15 is 0 Å². The molecule has 0 saturated heterocycles. The predicted molar refractivity (Wildman–Crippen MR) is 65.8 cm³/mol. The minimum atomic E-state index is -1.01. The topological polar surface area (TPSA) is 92.0 Å². The summed E-state index contributed by atoms with van der Waals surface area (Å²) in [5.41, 5.74) is 4.96. The van der Waals surface area contributed by atoms with E-state index in [0.29, 0.717) is 6.42 Å². The minimum Gasteiger partial charge on any atom is -0.480 e. The third-order valence-corrected chi connectivity index (χ3v) is 4.38. The summed E-state index contributed by atoms with van der Waals surface area (Å²) in [5.74, 6) is 0.0789. The lowest BCUT2D eigenvalue weighted by atomic mass is 9.86. The lowest BCUT2D eigenvalue weighted by Gasteiger charge is -2.26. The average Bonchev–Trinajstić information content (AvgIpc) is 2.90. The molecule has 0 amide bonds. The SMILES string of the molecule is NC1(C(=O)O)CCCC1CCSc1ncc[nH]1. The molecule has 0 radical (unpaired) electrons. The highest BCUT2D eigenvalue weighted by Gasteiger charge is 2.45. The summed E-state index contributed by atoms with van der Waals surface area (Å²) in [6, 6.07) is 0. The van der Waals surface area contributed by atoms with Crippen molar-refractivity contribution in [3.8, 4) is 0 Å². The van der Waals surface area contributed by atoms with Gasteiger partial charge in [0.1, 0.15) is 5.54 Å². The Labute approximate surface area is 104 Å². The quantitative estimate of drug-likeness (QED) is 0.693. The van der Waals surface area contributed by atoms with Gasteiger partial charge in [0.05, 0.1) is 0 Å². The number of H-pyrrole nitrogens is 1. The molecule has 94 valence electrons. The second-order valence-electron chi connectivity index (χ2n) is 4.47. The van der Waals surface area contributed by atoms with Crippen molar-refractivity contribution in [2.24, 2.45) is 11.7 Å². The molecule has 1 saturated carbocycles. The van der Waals surface area contributed by atoms with Crippen LogP contribution in [0.4, 0.5) is 0 Å². The van der Waals surface area contributed by atoms with Crippen molar-refractivity contribution in [3.05, 3.63) is 12.4 Å². The fourth-order valence-electron chi connectivity index (χ4n) is 2.41. The van der Waals surface area contributed by atoms with E-state index in [0.717, 1.165) is 30.2 Å². The Bertz CT molecular complexity index is 382. The van der Waals surface area contributed by atoms with Crippen molar-refractivity contribution < 1.29 is 9.90 Å². The number of thioether (sulfide) groups is 1. The van der Waals surface area contributed by atoms with Crippen LogP contribution in [-0.2, 0) is 4.79 Å². The van der Waals surface area contributed by atoms with Crippen LogP contribution in [0.1, 0.15) is 25.7 Å². The van der Waals surface area contributed by atoms with E-state index in [-0.39, 0.29) is 5.92 Å². The number of nitrogens with zero attached hydrogens (tertiary/aromatic N) is 1. The monoisotopic (exact) mass is 255 g/mol. The molecular formula is C11H17N3O2S. The van der Waals surface area contributed by atoms with E-state index in [1.54, 1.807) is 24.2 Å². The van der Waals surface area contributed by atoms with E-state index < -0.39 is 11.5 Å². The molecule has 1 aromatic rings. The molecule has 1 fully saturated rings. The number of nitrogens with two attached hydrogens (primary N) is 1. The molecule has 1 aromatic heterocycles. The van der Waals surface area contributed by atoms with Crippen LogP contribution in [-0.4, -0.2) is 32.3 Å². The van der Waals surface area contributed by atoms with Gasteiger partial charge in [-0.3, -0.25) is 4.79 Å². The molecule has 1 aliphatic carbocycles. The van der Waals surface area contributed by atoms with Crippen molar-refractivity contribution in [1.29, 1.82) is 0 Å². The molecule has 2 atom stereocenters. The first-order valence-electron chi connectivity index (χ1n) is 5.77. The number of carbonyl (C=O) groups is 1. The van der Waals surface area contributed by atoms with Gasteiger partial charge >= 0.3 is 5.97 Å². The van der Waals surface area contributed by atoms with E-state index in [2.05, 4.69) is 9.97 Å². The van der Waals surface area contributed by atoms with Crippen molar-refractivity contribution in [2.75, 3.05) is 5.75 Å². The molecule has 0 aromatic carbocycles. The van der Waals surface area contributed by atoms with Gasteiger partial charge in [0.25, 0.3) is 0 Å². The Morgan fingerprint density at radius 3 is 3.24 bits per heavy atom. The van der Waals surface area contributed by atoms with Crippen LogP contribution in [0.15, 0.2) is 17.6 Å². The fraction of sp³-hybridized carbons (Fsp3) is 0.636. The summed E-state index contributed by atoms with van der Waals surface area (Å²) < 4.78 is 0. The van der Waals surface area contributed by atoms with Crippen LogP contribution in [0.5, 0.6) is 0 Å². The second-order valence-corrected chi connectivity index (χ2v) is 5.55. The van der Waals surface area contributed by atoms with Crippen LogP contribution in [0.25, 0.3) is 0 Å². The number of nitrogens with one attached hydrogen (secondary N) is 1. The van der Waals surface area contributed by atoms with Crippen LogP contribution in [0.2, 0.25) is 0 Å². The highest BCUT2D eigenvalue weighted by atomic mass is 32.2. The first-order chi connectivity index (χ1) is 8.13. The van der Waals surface area contributed by atoms with Gasteiger partial charge in [-0.1, -0.05) is 18.2 Å². The van der Waals surface area contributed by atoms with Crippen LogP contribution >= 0.6 is 11.8 Å². The summed E-state index contributed by atoms with van der Waals surface area (Å²) in [5, 5.41) is 10.1. The normalized spacial score (nSPS) is 28.4. The largest absolute Gasteiger partial charge is 0.480 e. The van der Waals surface area contributed by atoms with Crippen molar-refractivity contribution in [1.82, 2.24) is 9.97 Å². The molecule has 1 heterocycles. The molecule has 2 rings (SSSR count). The lowest BCUT2D eigenvalue weighted by molar-refractivity contribution is -0.144. The number of carboxylic acid groups (broad SMARTS) is 1. The van der Waals surface area contributed by atoms with E-state index in [1.165, 1.54) is 0 Å². The minimum absolute atomic E-state index is 0.0856. The number of aromatic nitrogens is 2. The average molecular weight is 255 g/mol. The highest BCUT2D eigenvalue weighted by molar-refractivity contribution is 7.99. The number of hydrogen-bond acceptors (Lipinski definition) is 4. The van der Waals surface area contributed by atoms with Gasteiger partial charge in [0.2, 0.25) is 0 Å². The number of carboxylic acids is 1. The summed E-state index contributed by atoms with van der Waals surface area (Å²) in [7, 11) is 0. The number of rotatable bonds is 5. The van der Waals surface area contributed by atoms with Crippen LogP contribution in [0.3, 0.4) is 0 Å². The molecule has 2 unspecified atom stereocenters. The zero-order valence-corrected chi connectivity index (χ0v) is 10.4. The van der Waals surface area contributed by atoms with Gasteiger partial charge in [-0.25, -0.2) is 4.98 Å². The number of imidazole rings is 1. The van der Waals surface area contributed by atoms with Gasteiger partial charge in [-0.2, -0.15) is 0 Å². The second kappa shape index (κ2) is 5.10. The van der Waals surface area contributed by atoms with Crippen molar-refractivity contribution in [2.45, 2.75) is 36.4 Å². The molecule has 1 aliphatic rings. The smallest absolute Gasteiger partial charge is 0.323 e. The first-order valence-corrected chi connectivity index (χ1v) is 6.76. The maximum Gasteiger partial charge on any atom is 0.323 e. The Morgan fingerprint density at radius 2 is 2.59 bits per heavy atom. The third kappa shape index (κ3) is 2.63. The zero-order valence-electron chi connectivity index (χ0n) is 9.56. The summed E-state index contributed by atoms with van der Waals surface area (Å²) in [4.78, 5) is 18.3. The molecule has 0 bridgehead atoms. The first kappa shape index (κ1) is 12.4. The van der Waals surface area contributed by atoms with Crippen molar-refractivity contribution in [3.63, 3.8) is 0 Å². The van der Waals surface area contributed by atoms with E-state index in [4.69, 9.17) is 5.73 Å². The molecule has 6 heteroatoms. The summed E-state index contributed by atoms with van der Waals surface area (Å²) in [6.45, 7) is 0. The van der Waals surface area contributed by atoms with Gasteiger partial charge < -0.3 is 15.8 Å². The van der Waals surface area contributed by atoms with Gasteiger partial charge in [-0.05, 0) is 25.2 Å². The van der Waals surface area contributed by atoms with Crippen molar-refractivity contribution >= 4 is 17.7 Å². The third-order valence-electron chi connectivity index (χ3n) is 3.45. The number of hydrogen-bond donors (Lipinski definition) is 3. The lowest BCUT2D eigenvalue weighted by Crippen LogP contribution is -2.51. The molecule has 0 spiro atoms. The Kier molecular flexibility index (Phi) is 3.73. The molecule has 5 nitrogen and oxygen atoms in total.